The van der Waals surface area contributed by atoms with Gasteiger partial charge in [-0.15, -0.1) is 0 Å². The number of nitrogens with one attached hydrogen (secondary N) is 1. The van der Waals surface area contributed by atoms with Gasteiger partial charge in [-0.1, -0.05) is 262 Å². The molecule has 1 amide bonds. The van der Waals surface area contributed by atoms with Crippen molar-refractivity contribution in [1.29, 1.82) is 0 Å². The number of aliphatic carboxylic acids is 2. The summed E-state index contributed by atoms with van der Waals surface area (Å²) in [4.78, 5) is 140. The summed E-state index contributed by atoms with van der Waals surface area (Å²) < 4.78 is 21.1. The fourth-order valence-electron chi connectivity index (χ4n) is 14.0. The van der Waals surface area contributed by atoms with Crippen molar-refractivity contribution in [3.8, 4) is 0 Å². The molecule has 2 saturated heterocycles. The summed E-state index contributed by atoms with van der Waals surface area (Å²) in [6, 6.07) is 78.5. The van der Waals surface area contributed by atoms with Gasteiger partial charge in [0.2, 0.25) is 5.91 Å². The molecule has 4 aromatic heterocycles. The van der Waals surface area contributed by atoms with Crippen molar-refractivity contribution in [2.24, 2.45) is 64.7 Å². The van der Waals surface area contributed by atoms with Gasteiger partial charge >= 0.3 is 23.9 Å². The van der Waals surface area contributed by atoms with E-state index < -0.39 is 53.0 Å². The first-order valence-electron chi connectivity index (χ1n) is 44.6. The molecule has 0 saturated carbocycles. The molecule has 12 rings (SSSR count). The van der Waals surface area contributed by atoms with Gasteiger partial charge in [0.05, 0.1) is 43.1 Å². The molecule has 2 fully saturated rings. The topological polar surface area (TPSA) is 370 Å². The van der Waals surface area contributed by atoms with Crippen LogP contribution in [0.25, 0.3) is 0 Å². The third kappa shape index (κ3) is 39.6. The molecule has 23 heteroatoms. The number of hydrogen-bond donors (Lipinski definition) is 5. The number of pyridine rings is 4. The molecule has 2 aliphatic heterocycles. The third-order valence-electron chi connectivity index (χ3n) is 22.1. The van der Waals surface area contributed by atoms with Crippen LogP contribution in [0.3, 0.4) is 0 Å². The Morgan fingerprint density at radius 3 is 0.962 bits per heavy atom. The molecule has 130 heavy (non-hydrogen) atoms. The van der Waals surface area contributed by atoms with E-state index in [1.807, 2.05) is 289 Å². The lowest BCUT2D eigenvalue weighted by Crippen LogP contribution is -2.49. The quantitative estimate of drug-likeness (QED) is 0.0175. The Hall–Kier alpha value is -12.5. The van der Waals surface area contributed by atoms with Gasteiger partial charge in [-0.2, -0.15) is 0 Å². The van der Waals surface area contributed by atoms with Crippen molar-refractivity contribution < 1.29 is 77.1 Å². The number of aromatic nitrogens is 4. The molecule has 7 N–H and O–H groups in total. The number of ether oxygens (including phenoxy) is 4. The molecule has 0 aliphatic carbocycles. The van der Waals surface area contributed by atoms with Crippen LogP contribution in [0.5, 0.6) is 0 Å². The average Bonchev–Trinajstić information content (AvgIpc) is 1.66. The summed E-state index contributed by atoms with van der Waals surface area (Å²) in [6.45, 7) is 20.4. The highest BCUT2D eigenvalue weighted by Gasteiger charge is 2.51. The fraction of sp³-hybridized carbons (Fsp3) is 0.383. The Balaban J connectivity index is 0.000000221. The zero-order valence-corrected chi connectivity index (χ0v) is 76.6. The second kappa shape index (κ2) is 55.4. The van der Waals surface area contributed by atoms with E-state index in [-0.39, 0.29) is 115 Å². The van der Waals surface area contributed by atoms with Gasteiger partial charge in [0.15, 0.2) is 11.6 Å². The highest BCUT2D eigenvalue weighted by molar-refractivity contribution is 5.98. The Morgan fingerprint density at radius 1 is 0.346 bits per heavy atom. The normalized spacial score (nSPS) is 16.1. The highest BCUT2D eigenvalue weighted by Crippen LogP contribution is 2.32. The van der Waals surface area contributed by atoms with Gasteiger partial charge in [-0.05, 0) is 165 Å². The number of carboxylic acid groups (broad SMARTS) is 2. The van der Waals surface area contributed by atoms with Crippen LogP contribution in [0.15, 0.2) is 280 Å². The molecule has 0 radical (unpaired) electrons. The number of amides is 1. The largest absolute Gasteiger partial charge is 0.481 e. The van der Waals surface area contributed by atoms with Crippen LogP contribution in [-0.4, -0.2) is 131 Å². The van der Waals surface area contributed by atoms with Crippen molar-refractivity contribution in [2.75, 3.05) is 13.2 Å². The Kier molecular flexibility index (Phi) is 44.5. The number of nitrogens with two attached hydrogens (primary N) is 2. The molecule has 0 unspecified atom stereocenters. The average molecular weight is 1770 g/mol. The van der Waals surface area contributed by atoms with Crippen LogP contribution in [0.1, 0.15) is 157 Å². The van der Waals surface area contributed by atoms with E-state index in [1.54, 1.807) is 45.6 Å². The number of carbonyl (C=O) groups excluding carboxylic acids is 8. The molecule has 6 heterocycles. The molecular weight excluding hydrogens is 1640 g/mol. The maximum Gasteiger partial charge on any atom is 0.323 e. The summed E-state index contributed by atoms with van der Waals surface area (Å²) in [6.07, 6.45) is 12.3. The molecule has 12 atom stereocenters. The van der Waals surface area contributed by atoms with E-state index >= 15 is 0 Å². The predicted molar refractivity (Wildman–Crippen MR) is 502 cm³/mol. The lowest BCUT2D eigenvalue weighted by atomic mass is 9.87. The van der Waals surface area contributed by atoms with Crippen LogP contribution in [0, 0.1) is 53.3 Å². The number of nitrogens with zero attached hydrogens (tertiary/aromatic N) is 4. The molecule has 0 bridgehead atoms. The fourth-order valence-corrected chi connectivity index (χ4v) is 14.0. The number of benzene rings is 6. The molecule has 0 spiro atoms. The van der Waals surface area contributed by atoms with E-state index in [9.17, 15) is 53.1 Å². The lowest BCUT2D eigenvalue weighted by molar-refractivity contribution is -0.151. The molecule has 10 aromatic rings. The van der Waals surface area contributed by atoms with Gasteiger partial charge in [-0.25, -0.2) is 0 Å². The second-order valence-corrected chi connectivity index (χ2v) is 34.7. The van der Waals surface area contributed by atoms with E-state index in [2.05, 4.69) is 39.1 Å². The maximum atomic E-state index is 13.4. The van der Waals surface area contributed by atoms with Crippen LogP contribution in [0.2, 0.25) is 0 Å². The Morgan fingerprint density at radius 2 is 0.638 bits per heavy atom. The van der Waals surface area contributed by atoms with Crippen LogP contribution >= 0.6 is 0 Å². The first kappa shape index (κ1) is 105. The van der Waals surface area contributed by atoms with Crippen molar-refractivity contribution in [3.05, 3.63) is 336 Å². The lowest BCUT2D eigenvalue weighted by Gasteiger charge is -2.25. The number of hydrogen-bond acceptors (Lipinski definition) is 20. The highest BCUT2D eigenvalue weighted by atomic mass is 16.6. The van der Waals surface area contributed by atoms with E-state index in [4.69, 9.17) is 35.5 Å². The maximum absolute atomic E-state index is 13.4. The van der Waals surface area contributed by atoms with Gasteiger partial charge in [0.1, 0.15) is 47.8 Å². The zero-order chi connectivity index (χ0) is 94.4. The number of ketones is 5. The molecular formula is C107H129N7O16. The molecule has 6 aromatic carbocycles. The predicted octanol–water partition coefficient (Wildman–Crippen LogP) is 16.3. The van der Waals surface area contributed by atoms with Gasteiger partial charge in [0.25, 0.3) is 0 Å². The Bertz CT molecular complexity index is 5040. The van der Waals surface area contributed by atoms with E-state index in [1.165, 1.54) is 0 Å². The number of carboxylic acids is 2. The van der Waals surface area contributed by atoms with Crippen LogP contribution in [-0.2, 0) is 131 Å². The summed E-state index contributed by atoms with van der Waals surface area (Å²) in [5.74, 6) is -4.78. The smallest absolute Gasteiger partial charge is 0.323 e. The molecule has 23 nitrogen and oxygen atoms in total. The minimum atomic E-state index is -0.924. The first-order chi connectivity index (χ1) is 62.3. The van der Waals surface area contributed by atoms with Gasteiger partial charge < -0.3 is 45.9 Å². The second-order valence-electron chi connectivity index (χ2n) is 34.7. The number of carbonyl (C=O) groups is 10. The Labute approximate surface area is 765 Å². The van der Waals surface area contributed by atoms with Crippen LogP contribution < -0.4 is 16.8 Å². The number of rotatable bonds is 43. The molecule has 688 valence electrons. The van der Waals surface area contributed by atoms with E-state index in [0.29, 0.717) is 76.9 Å². The van der Waals surface area contributed by atoms with Crippen molar-refractivity contribution in [1.82, 2.24) is 25.3 Å². The minimum absolute atomic E-state index is 0.0194. The summed E-state index contributed by atoms with van der Waals surface area (Å²) >= 11 is 0. The van der Waals surface area contributed by atoms with Gasteiger partial charge in [0, 0.05) is 96.9 Å². The number of epoxide rings is 2. The molecule has 2 aliphatic rings. The zero-order valence-electron chi connectivity index (χ0n) is 76.6. The first-order valence-corrected chi connectivity index (χ1v) is 44.6. The van der Waals surface area contributed by atoms with Crippen molar-refractivity contribution in [3.63, 3.8) is 0 Å². The summed E-state index contributed by atoms with van der Waals surface area (Å²) in [5, 5.41) is 21.0. The minimum Gasteiger partial charge on any atom is -0.481 e. The van der Waals surface area contributed by atoms with Crippen molar-refractivity contribution >= 4 is 58.7 Å². The number of Topliss-reactive ketones (excluding diaryl/α,β-unsaturated/α-hetero) is 5. The standard InChI is InChI=1S/C28H36N2O4.C26H27NO3.C19H21NO3.C16H17NO2.C9H17NO2.C9H11NO2/c1-19(2)14-24(26(32)28(4)18-34-28)30-27(33)22(16-21-10-6-5-7-11-21)17-25(31)20(3)15-23-12-8-9-13-29-23;1-20(16-24-14-8-9-15-27-24)25(28)18-23(17-21-10-4-2-5-11-21)26(29)30-19-22-12-6-3-7-13-22;1-14(11-17-9-5-6-10-20-17)18(21)13-16(19(22)23)12-15-7-3-2-4-8-15;17-15(11-13-7-3-1-4-8-13)16(18)19-12-14-9-5-2-6-10-14;1-6(2)4-7(10)8(11)9(3)5-12-9;1-7(9(11)12)6-8-4-2-3-5-10-8/h5-13,19-20,22,24H,14-18H2,1-4H3,(H,30,33);2-15,20,23H,16-19H2,1H3;2-10,14,16H,11-13H2,1H3,(H,22,23);1-10,15H,11-12,17H2;6-7H,4-5,10H2,1-3H3;2-5,7H,6H2,1H3,(H,11,12)/t20-,22+,24-,28+;20-,23+;14-,16+;15-;7-,9+;7-/m000000/s1. The summed E-state index contributed by atoms with van der Waals surface area (Å²) in [5.41, 5.74) is 19.5. The summed E-state index contributed by atoms with van der Waals surface area (Å²) in [7, 11) is 0. The van der Waals surface area contributed by atoms with E-state index in [0.717, 1.165) is 62.6 Å². The number of esters is 2. The third-order valence-corrected chi connectivity index (χ3v) is 22.1. The monoisotopic (exact) mass is 1770 g/mol. The van der Waals surface area contributed by atoms with Gasteiger partial charge in [-0.3, -0.25) is 67.9 Å². The SMILES string of the molecule is CC(C)C[C@H](N)C(=O)[C@@]1(C)CO1.CC(C)C[C@H](NC(=O)[C@@H](CC(=O)[C@@H](C)Cc1ccccn1)Cc1ccccc1)C(=O)[C@@]1(C)CO1.C[C@@H](Cc1ccccn1)C(=O)C[C@@H](Cc1ccccc1)C(=O)O.C[C@@H](Cc1ccccn1)C(=O)C[C@@H](Cc1ccccc1)C(=O)OCc1ccccc1.C[C@@H](Cc1ccccn1)C(=O)O.N[C@@H](Cc1ccccc1)C(=O)OCc1ccccc1. The van der Waals surface area contributed by atoms with Crippen LogP contribution in [0.4, 0.5) is 0 Å². The van der Waals surface area contributed by atoms with Crippen molar-refractivity contribution in [2.45, 2.75) is 195 Å².